The molecular weight excluding hydrogens is 272 g/mol. The van der Waals surface area contributed by atoms with Gasteiger partial charge in [-0.25, -0.2) is 0 Å². The molecule has 0 amide bonds. The molecule has 1 aromatic carbocycles. The van der Waals surface area contributed by atoms with E-state index in [2.05, 4.69) is 60.2 Å². The van der Waals surface area contributed by atoms with Crippen molar-refractivity contribution in [3.05, 3.63) is 51.7 Å². The van der Waals surface area contributed by atoms with Crippen LogP contribution in [0.2, 0.25) is 0 Å². The first-order valence-electron chi connectivity index (χ1n) is 6.29. The summed E-state index contributed by atoms with van der Waals surface area (Å²) in [7, 11) is 0. The molecule has 0 atom stereocenters. The molecule has 2 aromatic rings. The maximum absolute atomic E-state index is 5.30. The van der Waals surface area contributed by atoms with E-state index in [4.69, 9.17) is 12.2 Å². The van der Waals surface area contributed by atoms with Crippen LogP contribution in [0.3, 0.4) is 0 Å². The SMILES string of the molecule is Cc1ccc(NC(=S)NCCc2cccs2)c(C)c1. The number of anilines is 1. The largest absolute Gasteiger partial charge is 0.362 e. The zero-order valence-electron chi connectivity index (χ0n) is 11.2. The molecule has 1 aromatic heterocycles. The van der Waals surface area contributed by atoms with Gasteiger partial charge in [0, 0.05) is 17.1 Å². The maximum atomic E-state index is 5.30. The van der Waals surface area contributed by atoms with Crippen molar-refractivity contribution in [1.82, 2.24) is 5.32 Å². The Bertz CT molecular complexity index is 547. The molecule has 2 N–H and O–H groups in total. The first kappa shape index (κ1) is 14.0. The molecule has 0 aliphatic heterocycles. The quantitative estimate of drug-likeness (QED) is 0.835. The Labute approximate surface area is 123 Å². The van der Waals surface area contributed by atoms with E-state index >= 15 is 0 Å². The van der Waals surface area contributed by atoms with Gasteiger partial charge in [-0.2, -0.15) is 0 Å². The molecule has 1 heterocycles. The van der Waals surface area contributed by atoms with Gasteiger partial charge >= 0.3 is 0 Å². The zero-order chi connectivity index (χ0) is 13.7. The summed E-state index contributed by atoms with van der Waals surface area (Å²) in [5.41, 5.74) is 3.54. The normalized spacial score (nSPS) is 10.2. The third-order valence-corrected chi connectivity index (χ3v) is 4.05. The van der Waals surface area contributed by atoms with Gasteiger partial charge < -0.3 is 10.6 Å². The second-order valence-electron chi connectivity index (χ2n) is 4.53. The molecule has 19 heavy (non-hydrogen) atoms. The van der Waals surface area contributed by atoms with E-state index in [1.807, 2.05) is 0 Å². The lowest BCUT2D eigenvalue weighted by Gasteiger charge is -2.12. The Kier molecular flexibility index (Phi) is 4.93. The Balaban J connectivity index is 1.80. The molecule has 0 spiro atoms. The smallest absolute Gasteiger partial charge is 0.170 e. The van der Waals surface area contributed by atoms with Crippen LogP contribution in [0.15, 0.2) is 35.7 Å². The summed E-state index contributed by atoms with van der Waals surface area (Å²) < 4.78 is 0. The van der Waals surface area contributed by atoms with Crippen molar-refractivity contribution in [3.63, 3.8) is 0 Å². The first-order chi connectivity index (χ1) is 9.15. The monoisotopic (exact) mass is 290 g/mol. The van der Waals surface area contributed by atoms with E-state index in [0.717, 1.165) is 18.7 Å². The fourth-order valence-corrected chi connectivity index (χ4v) is 2.80. The van der Waals surface area contributed by atoms with Gasteiger partial charge in [0.15, 0.2) is 5.11 Å². The highest BCUT2D eigenvalue weighted by atomic mass is 32.1. The number of benzene rings is 1. The second kappa shape index (κ2) is 6.68. The first-order valence-corrected chi connectivity index (χ1v) is 7.58. The van der Waals surface area contributed by atoms with Crippen molar-refractivity contribution < 1.29 is 0 Å². The second-order valence-corrected chi connectivity index (χ2v) is 5.97. The van der Waals surface area contributed by atoms with Crippen molar-refractivity contribution in [3.8, 4) is 0 Å². The van der Waals surface area contributed by atoms with Crippen molar-refractivity contribution in [2.24, 2.45) is 0 Å². The molecule has 100 valence electrons. The highest BCUT2D eigenvalue weighted by Crippen LogP contribution is 2.15. The molecule has 0 aliphatic carbocycles. The van der Waals surface area contributed by atoms with E-state index in [-0.39, 0.29) is 0 Å². The van der Waals surface area contributed by atoms with Gasteiger partial charge in [-0.15, -0.1) is 11.3 Å². The lowest BCUT2D eigenvalue weighted by Crippen LogP contribution is -2.30. The Morgan fingerprint density at radius 3 is 2.79 bits per heavy atom. The van der Waals surface area contributed by atoms with Gasteiger partial charge in [0.1, 0.15) is 0 Å². The van der Waals surface area contributed by atoms with Gasteiger partial charge in [-0.1, -0.05) is 23.8 Å². The average molecular weight is 290 g/mol. The van der Waals surface area contributed by atoms with E-state index in [0.29, 0.717) is 5.11 Å². The molecular formula is C15H18N2S2. The summed E-state index contributed by atoms with van der Waals surface area (Å²) in [6.45, 7) is 5.04. The summed E-state index contributed by atoms with van der Waals surface area (Å²) in [5.74, 6) is 0. The minimum absolute atomic E-state index is 0.684. The van der Waals surface area contributed by atoms with Crippen LogP contribution in [0.25, 0.3) is 0 Å². The summed E-state index contributed by atoms with van der Waals surface area (Å²) in [4.78, 5) is 1.38. The van der Waals surface area contributed by atoms with Crippen molar-refractivity contribution in [2.45, 2.75) is 20.3 Å². The molecule has 0 saturated carbocycles. The molecule has 0 fully saturated rings. The number of rotatable bonds is 4. The molecule has 0 bridgehead atoms. The van der Waals surface area contributed by atoms with Gasteiger partial charge in [0.25, 0.3) is 0 Å². The van der Waals surface area contributed by atoms with E-state index in [1.165, 1.54) is 16.0 Å². The van der Waals surface area contributed by atoms with Crippen LogP contribution in [0.4, 0.5) is 5.69 Å². The Morgan fingerprint density at radius 1 is 1.26 bits per heavy atom. The van der Waals surface area contributed by atoms with Crippen molar-refractivity contribution in [1.29, 1.82) is 0 Å². The molecule has 4 heteroatoms. The van der Waals surface area contributed by atoms with Gasteiger partial charge in [0.2, 0.25) is 0 Å². The lowest BCUT2D eigenvalue weighted by molar-refractivity contribution is 0.885. The van der Waals surface area contributed by atoms with Crippen LogP contribution in [0.1, 0.15) is 16.0 Å². The van der Waals surface area contributed by atoms with Crippen LogP contribution in [-0.2, 0) is 6.42 Å². The van der Waals surface area contributed by atoms with Crippen LogP contribution in [-0.4, -0.2) is 11.7 Å². The average Bonchev–Trinajstić information content (AvgIpc) is 2.86. The van der Waals surface area contributed by atoms with E-state index in [1.54, 1.807) is 11.3 Å². The van der Waals surface area contributed by atoms with Crippen LogP contribution in [0, 0.1) is 13.8 Å². The molecule has 2 rings (SSSR count). The summed E-state index contributed by atoms with van der Waals surface area (Å²) >= 11 is 7.08. The fourth-order valence-electron chi connectivity index (χ4n) is 1.87. The highest BCUT2D eigenvalue weighted by Gasteiger charge is 2.01. The third kappa shape index (κ3) is 4.33. The highest BCUT2D eigenvalue weighted by molar-refractivity contribution is 7.80. The minimum atomic E-state index is 0.684. The Hall–Kier alpha value is -1.39. The van der Waals surface area contributed by atoms with Gasteiger partial charge in [0.05, 0.1) is 0 Å². The van der Waals surface area contributed by atoms with Crippen LogP contribution >= 0.6 is 23.6 Å². The standard InChI is InChI=1S/C15H18N2S2/c1-11-5-6-14(12(2)10-11)17-15(18)16-8-7-13-4-3-9-19-13/h3-6,9-10H,7-8H2,1-2H3,(H2,16,17,18). The molecule has 0 radical (unpaired) electrons. The fraction of sp³-hybridized carbons (Fsp3) is 0.267. The number of thiocarbonyl (C=S) groups is 1. The minimum Gasteiger partial charge on any atom is -0.362 e. The summed E-state index contributed by atoms with van der Waals surface area (Å²) in [6, 6.07) is 10.5. The topological polar surface area (TPSA) is 24.1 Å². The van der Waals surface area contributed by atoms with E-state index < -0.39 is 0 Å². The van der Waals surface area contributed by atoms with Gasteiger partial charge in [-0.05, 0) is 55.6 Å². The number of aryl methyl sites for hydroxylation is 2. The number of hydrogen-bond acceptors (Lipinski definition) is 2. The number of nitrogens with one attached hydrogen (secondary N) is 2. The maximum Gasteiger partial charge on any atom is 0.170 e. The molecule has 0 saturated heterocycles. The number of hydrogen-bond donors (Lipinski definition) is 2. The van der Waals surface area contributed by atoms with Crippen molar-refractivity contribution >= 4 is 34.4 Å². The lowest BCUT2D eigenvalue weighted by atomic mass is 10.1. The third-order valence-electron chi connectivity index (χ3n) is 2.87. The number of thiophene rings is 1. The zero-order valence-corrected chi connectivity index (χ0v) is 12.8. The summed E-state index contributed by atoms with van der Waals surface area (Å²) in [6.07, 6.45) is 1.01. The summed E-state index contributed by atoms with van der Waals surface area (Å²) in [5, 5.41) is 9.26. The molecule has 0 aliphatic rings. The predicted molar refractivity (Wildman–Crippen MR) is 88.2 cm³/mol. The van der Waals surface area contributed by atoms with Gasteiger partial charge in [-0.3, -0.25) is 0 Å². The molecule has 2 nitrogen and oxygen atoms in total. The van der Waals surface area contributed by atoms with Crippen molar-refractivity contribution in [2.75, 3.05) is 11.9 Å². The Morgan fingerprint density at radius 2 is 2.11 bits per heavy atom. The van der Waals surface area contributed by atoms with Crippen LogP contribution < -0.4 is 10.6 Å². The predicted octanol–water partition coefficient (Wildman–Crippen LogP) is 3.89. The van der Waals surface area contributed by atoms with Crippen LogP contribution in [0.5, 0.6) is 0 Å². The molecule has 0 unspecified atom stereocenters. The van der Waals surface area contributed by atoms with E-state index in [9.17, 15) is 0 Å².